The quantitative estimate of drug-likeness (QED) is 0.723. The molecule has 0 unspecified atom stereocenters. The van der Waals surface area contributed by atoms with E-state index in [0.717, 1.165) is 5.56 Å². The van der Waals surface area contributed by atoms with Gasteiger partial charge in [-0.05, 0) is 5.56 Å². The number of hydrogen-bond acceptors (Lipinski definition) is 4. The van der Waals surface area contributed by atoms with Crippen molar-refractivity contribution in [2.45, 2.75) is 6.61 Å². The molecule has 0 aliphatic carbocycles. The summed E-state index contributed by atoms with van der Waals surface area (Å²) >= 11 is 0. The first-order chi connectivity index (χ1) is 7.86. The number of aliphatic imine (C=N–C) groups is 1. The van der Waals surface area contributed by atoms with Crippen LogP contribution in [0.3, 0.4) is 0 Å². The Balaban J connectivity index is 1.89. The molecule has 1 aromatic rings. The van der Waals surface area contributed by atoms with E-state index in [2.05, 4.69) is 4.99 Å². The van der Waals surface area contributed by atoms with Crippen LogP contribution in [-0.2, 0) is 20.9 Å². The van der Waals surface area contributed by atoms with Gasteiger partial charge in [0.05, 0.1) is 6.20 Å². The van der Waals surface area contributed by atoms with Crippen molar-refractivity contribution in [3.63, 3.8) is 0 Å². The van der Waals surface area contributed by atoms with Gasteiger partial charge in [0.25, 0.3) is 0 Å². The van der Waals surface area contributed by atoms with E-state index in [1.165, 1.54) is 6.20 Å². The number of hydrogen-bond donors (Lipinski definition) is 0. The van der Waals surface area contributed by atoms with Crippen LogP contribution in [0.15, 0.2) is 47.3 Å². The summed E-state index contributed by atoms with van der Waals surface area (Å²) in [6, 6.07) is 9.48. The molecule has 0 saturated carbocycles. The Morgan fingerprint density at radius 1 is 1.38 bits per heavy atom. The Kier molecular flexibility index (Phi) is 3.33. The van der Waals surface area contributed by atoms with Gasteiger partial charge in [-0.2, -0.15) is 0 Å². The molecule has 1 aliphatic heterocycles. The maximum Gasteiger partial charge on any atom is 0.375 e. The third kappa shape index (κ3) is 2.70. The van der Waals surface area contributed by atoms with Gasteiger partial charge in [0.1, 0.15) is 13.2 Å². The van der Waals surface area contributed by atoms with Crippen molar-refractivity contribution in [1.29, 1.82) is 0 Å². The first-order valence-electron chi connectivity index (χ1n) is 4.92. The zero-order valence-corrected chi connectivity index (χ0v) is 8.63. The molecule has 4 heteroatoms. The van der Waals surface area contributed by atoms with E-state index in [1.807, 2.05) is 30.3 Å². The Labute approximate surface area is 93.2 Å². The van der Waals surface area contributed by atoms with Crippen molar-refractivity contribution < 1.29 is 14.3 Å². The molecule has 0 atom stereocenters. The van der Waals surface area contributed by atoms with E-state index in [1.54, 1.807) is 6.21 Å². The number of rotatable bonds is 3. The highest BCUT2D eigenvalue weighted by molar-refractivity contribution is 5.87. The van der Waals surface area contributed by atoms with E-state index >= 15 is 0 Å². The largest absolute Gasteiger partial charge is 0.480 e. The fraction of sp³-hybridized carbons (Fsp3) is 0.167. The molecule has 0 aromatic heterocycles. The summed E-state index contributed by atoms with van der Waals surface area (Å²) in [6.45, 7) is 0.552. The normalized spacial score (nSPS) is 13.9. The van der Waals surface area contributed by atoms with E-state index in [-0.39, 0.29) is 12.4 Å². The maximum atomic E-state index is 11.5. The molecule has 1 heterocycles. The molecule has 2 rings (SSSR count). The van der Waals surface area contributed by atoms with Crippen LogP contribution in [0.5, 0.6) is 0 Å². The first-order valence-corrected chi connectivity index (χ1v) is 4.92. The van der Waals surface area contributed by atoms with Gasteiger partial charge in [-0.1, -0.05) is 30.3 Å². The summed E-state index contributed by atoms with van der Waals surface area (Å²) in [5.74, 6) is -0.334. The SMILES string of the molecule is O=C(OCc1ccccc1)C1=CN=CCO1. The van der Waals surface area contributed by atoms with Crippen LogP contribution in [0.4, 0.5) is 0 Å². The summed E-state index contributed by atoms with van der Waals surface area (Å²) < 4.78 is 10.1. The van der Waals surface area contributed by atoms with E-state index < -0.39 is 5.97 Å². The van der Waals surface area contributed by atoms with Crippen LogP contribution in [0.25, 0.3) is 0 Å². The summed E-state index contributed by atoms with van der Waals surface area (Å²) in [6.07, 6.45) is 2.94. The lowest BCUT2D eigenvalue weighted by Crippen LogP contribution is -2.13. The molecular weight excluding hydrogens is 206 g/mol. The van der Waals surface area contributed by atoms with Gasteiger partial charge >= 0.3 is 5.97 Å². The van der Waals surface area contributed by atoms with Gasteiger partial charge < -0.3 is 9.47 Å². The van der Waals surface area contributed by atoms with Gasteiger partial charge in [-0.3, -0.25) is 4.99 Å². The minimum absolute atomic E-state index is 0.151. The third-order valence-corrected chi connectivity index (χ3v) is 2.02. The number of benzene rings is 1. The minimum Gasteiger partial charge on any atom is -0.480 e. The van der Waals surface area contributed by atoms with Gasteiger partial charge in [0.2, 0.25) is 5.76 Å². The van der Waals surface area contributed by atoms with E-state index in [4.69, 9.17) is 9.47 Å². The van der Waals surface area contributed by atoms with Gasteiger partial charge in [-0.25, -0.2) is 4.79 Å². The fourth-order valence-electron chi connectivity index (χ4n) is 1.23. The number of carbonyl (C=O) groups is 1. The van der Waals surface area contributed by atoms with Gasteiger partial charge in [-0.15, -0.1) is 0 Å². The fourth-order valence-corrected chi connectivity index (χ4v) is 1.23. The topological polar surface area (TPSA) is 47.9 Å². The molecule has 0 spiro atoms. The average molecular weight is 217 g/mol. The Bertz CT molecular complexity index is 423. The smallest absolute Gasteiger partial charge is 0.375 e. The molecule has 1 aliphatic rings. The third-order valence-electron chi connectivity index (χ3n) is 2.02. The average Bonchev–Trinajstić information content (AvgIpc) is 2.38. The molecule has 0 amide bonds. The molecule has 82 valence electrons. The molecule has 0 fully saturated rings. The van der Waals surface area contributed by atoms with Crippen LogP contribution >= 0.6 is 0 Å². The van der Waals surface area contributed by atoms with Crippen LogP contribution in [0, 0.1) is 0 Å². The van der Waals surface area contributed by atoms with Crippen LogP contribution < -0.4 is 0 Å². The standard InChI is InChI=1S/C12H11NO3/c14-12(11-8-13-6-7-15-11)16-9-10-4-2-1-3-5-10/h1-6,8H,7,9H2. The molecular formula is C12H11NO3. The number of carbonyl (C=O) groups excluding carboxylic acids is 1. The van der Waals surface area contributed by atoms with Crippen molar-refractivity contribution in [3.8, 4) is 0 Å². The van der Waals surface area contributed by atoms with Crippen LogP contribution in [0.2, 0.25) is 0 Å². The Hall–Kier alpha value is -2.10. The summed E-state index contributed by atoms with van der Waals surface area (Å²) in [7, 11) is 0. The first kappa shape index (κ1) is 10.4. The van der Waals surface area contributed by atoms with E-state index in [0.29, 0.717) is 6.61 Å². The maximum absolute atomic E-state index is 11.5. The highest BCUT2D eigenvalue weighted by atomic mass is 16.6. The summed E-state index contributed by atoms with van der Waals surface area (Å²) in [5, 5.41) is 0. The van der Waals surface area contributed by atoms with Crippen LogP contribution in [0.1, 0.15) is 5.56 Å². The molecule has 1 aromatic carbocycles. The van der Waals surface area contributed by atoms with Crippen molar-refractivity contribution in [2.24, 2.45) is 4.99 Å². The molecule has 16 heavy (non-hydrogen) atoms. The van der Waals surface area contributed by atoms with E-state index in [9.17, 15) is 4.79 Å². The van der Waals surface area contributed by atoms with Gasteiger partial charge in [0, 0.05) is 6.21 Å². The van der Waals surface area contributed by atoms with Gasteiger partial charge in [0.15, 0.2) is 0 Å². The number of ether oxygens (including phenoxy) is 2. The second-order valence-corrected chi connectivity index (χ2v) is 3.20. The molecule has 4 nitrogen and oxygen atoms in total. The Morgan fingerprint density at radius 3 is 2.88 bits per heavy atom. The van der Waals surface area contributed by atoms with Crippen LogP contribution in [-0.4, -0.2) is 18.8 Å². The Morgan fingerprint density at radius 2 is 2.19 bits per heavy atom. The predicted molar refractivity (Wildman–Crippen MR) is 58.8 cm³/mol. The molecule has 0 saturated heterocycles. The lowest BCUT2D eigenvalue weighted by Gasteiger charge is -2.10. The van der Waals surface area contributed by atoms with Crippen molar-refractivity contribution in [2.75, 3.05) is 6.61 Å². The second kappa shape index (κ2) is 5.11. The summed E-state index contributed by atoms with van der Waals surface area (Å²) in [4.78, 5) is 15.3. The second-order valence-electron chi connectivity index (χ2n) is 3.20. The number of esters is 1. The summed E-state index contributed by atoms with van der Waals surface area (Å²) in [5.41, 5.74) is 0.941. The molecule has 0 N–H and O–H groups in total. The minimum atomic E-state index is -0.485. The highest BCUT2D eigenvalue weighted by Gasteiger charge is 2.13. The monoisotopic (exact) mass is 217 g/mol. The zero-order valence-electron chi connectivity index (χ0n) is 8.63. The highest BCUT2D eigenvalue weighted by Crippen LogP contribution is 2.07. The zero-order chi connectivity index (χ0) is 11.2. The number of nitrogens with zero attached hydrogens (tertiary/aromatic N) is 1. The van der Waals surface area contributed by atoms with Crippen molar-refractivity contribution >= 4 is 12.2 Å². The van der Waals surface area contributed by atoms with Crippen molar-refractivity contribution in [1.82, 2.24) is 0 Å². The lowest BCUT2D eigenvalue weighted by atomic mass is 10.2. The molecule has 0 radical (unpaired) electrons. The predicted octanol–water partition coefficient (Wildman–Crippen LogP) is 1.67. The lowest BCUT2D eigenvalue weighted by molar-refractivity contribution is -0.144. The molecule has 0 bridgehead atoms. The van der Waals surface area contributed by atoms with Crippen molar-refractivity contribution in [3.05, 3.63) is 47.9 Å².